The van der Waals surface area contributed by atoms with Crippen molar-refractivity contribution in [1.29, 1.82) is 0 Å². The van der Waals surface area contributed by atoms with E-state index in [1.807, 2.05) is 0 Å². The first kappa shape index (κ1) is 4.59. The van der Waals surface area contributed by atoms with Gasteiger partial charge in [-0.3, -0.25) is 4.79 Å². The molecule has 0 atom stereocenters. The SMILES string of the molecule is O=C1CCC[N]O1. The highest BCUT2D eigenvalue weighted by atomic mass is 16.7. The Labute approximate surface area is 41.6 Å². The molecule has 39 valence electrons. The summed E-state index contributed by atoms with van der Waals surface area (Å²) in [7, 11) is 0. The van der Waals surface area contributed by atoms with E-state index in [1.54, 1.807) is 0 Å². The average Bonchev–Trinajstić information content (AvgIpc) is 1.69. The van der Waals surface area contributed by atoms with Gasteiger partial charge in [0.25, 0.3) is 0 Å². The van der Waals surface area contributed by atoms with E-state index >= 15 is 0 Å². The minimum absolute atomic E-state index is 0.203. The molecule has 0 aromatic rings. The lowest BCUT2D eigenvalue weighted by atomic mass is 10.3. The Kier molecular flexibility index (Phi) is 1.26. The fourth-order valence-electron chi connectivity index (χ4n) is 0.451. The van der Waals surface area contributed by atoms with E-state index in [0.29, 0.717) is 13.0 Å². The van der Waals surface area contributed by atoms with Crippen molar-refractivity contribution < 1.29 is 9.63 Å². The molecule has 1 rings (SSSR count). The van der Waals surface area contributed by atoms with Crippen LogP contribution in [-0.2, 0) is 9.63 Å². The number of nitrogens with zero attached hydrogens (tertiary/aromatic N) is 1. The normalized spacial score (nSPS) is 21.4. The van der Waals surface area contributed by atoms with E-state index in [9.17, 15) is 4.79 Å². The van der Waals surface area contributed by atoms with Crippen molar-refractivity contribution in [2.75, 3.05) is 6.54 Å². The fourth-order valence-corrected chi connectivity index (χ4v) is 0.451. The molecule has 0 aromatic carbocycles. The molecule has 0 N–H and O–H groups in total. The number of rotatable bonds is 0. The zero-order chi connectivity index (χ0) is 5.11. The van der Waals surface area contributed by atoms with E-state index in [2.05, 4.69) is 10.3 Å². The molecule has 1 aliphatic rings. The van der Waals surface area contributed by atoms with Crippen LogP contribution in [0, 0.1) is 0 Å². The molecule has 0 amide bonds. The topological polar surface area (TPSA) is 40.4 Å². The highest BCUT2D eigenvalue weighted by molar-refractivity contribution is 5.69. The Morgan fingerprint density at radius 2 is 2.57 bits per heavy atom. The van der Waals surface area contributed by atoms with Gasteiger partial charge in [-0.1, -0.05) is 0 Å². The second kappa shape index (κ2) is 1.93. The zero-order valence-corrected chi connectivity index (χ0v) is 3.89. The predicted molar refractivity (Wildman–Crippen MR) is 22.3 cm³/mol. The first-order chi connectivity index (χ1) is 3.39. The molecule has 1 radical (unpaired) electrons. The van der Waals surface area contributed by atoms with Crippen LogP contribution in [0.25, 0.3) is 0 Å². The number of hydroxylamine groups is 1. The Balaban J connectivity index is 2.25. The maximum Gasteiger partial charge on any atom is 0.327 e. The summed E-state index contributed by atoms with van der Waals surface area (Å²) >= 11 is 0. The Morgan fingerprint density at radius 3 is 2.86 bits per heavy atom. The van der Waals surface area contributed by atoms with Crippen LogP contribution in [0.15, 0.2) is 0 Å². The Hall–Kier alpha value is -0.570. The van der Waals surface area contributed by atoms with Crippen LogP contribution < -0.4 is 5.48 Å². The molecule has 1 saturated heterocycles. The van der Waals surface area contributed by atoms with Gasteiger partial charge in [-0.15, -0.1) is 0 Å². The van der Waals surface area contributed by atoms with Crippen molar-refractivity contribution in [3.63, 3.8) is 0 Å². The van der Waals surface area contributed by atoms with Crippen molar-refractivity contribution in [3.8, 4) is 0 Å². The van der Waals surface area contributed by atoms with Gasteiger partial charge in [0.1, 0.15) is 0 Å². The molecule has 0 aliphatic carbocycles. The van der Waals surface area contributed by atoms with Gasteiger partial charge in [0.05, 0.1) is 6.54 Å². The summed E-state index contributed by atoms with van der Waals surface area (Å²) in [5.41, 5.74) is 3.41. The summed E-state index contributed by atoms with van der Waals surface area (Å²) in [6.07, 6.45) is 1.38. The van der Waals surface area contributed by atoms with Crippen molar-refractivity contribution in [1.82, 2.24) is 5.48 Å². The summed E-state index contributed by atoms with van der Waals surface area (Å²) in [6.45, 7) is 0.672. The van der Waals surface area contributed by atoms with Crippen molar-refractivity contribution in [2.24, 2.45) is 0 Å². The molecular weight excluding hydrogens is 94.0 g/mol. The van der Waals surface area contributed by atoms with Gasteiger partial charge in [-0.2, -0.15) is 0 Å². The second-order valence-electron chi connectivity index (χ2n) is 1.42. The molecule has 1 fully saturated rings. The van der Waals surface area contributed by atoms with Gasteiger partial charge in [0, 0.05) is 6.42 Å². The van der Waals surface area contributed by atoms with Gasteiger partial charge in [0.15, 0.2) is 0 Å². The van der Waals surface area contributed by atoms with Crippen LogP contribution >= 0.6 is 0 Å². The van der Waals surface area contributed by atoms with E-state index in [0.717, 1.165) is 6.42 Å². The lowest BCUT2D eigenvalue weighted by molar-refractivity contribution is -0.156. The summed E-state index contributed by atoms with van der Waals surface area (Å²) < 4.78 is 0. The maximum absolute atomic E-state index is 10.1. The number of carbonyl (C=O) groups excluding carboxylic acids is 1. The van der Waals surface area contributed by atoms with E-state index in [-0.39, 0.29) is 5.97 Å². The number of carbonyl (C=O) groups is 1. The Morgan fingerprint density at radius 1 is 1.71 bits per heavy atom. The van der Waals surface area contributed by atoms with Crippen LogP contribution in [-0.4, -0.2) is 12.5 Å². The average molecular weight is 100 g/mol. The maximum atomic E-state index is 10.1. The number of hydrogen-bond acceptors (Lipinski definition) is 2. The summed E-state index contributed by atoms with van der Waals surface area (Å²) in [6, 6.07) is 0. The predicted octanol–water partition coefficient (Wildman–Crippen LogP) is -0.157. The van der Waals surface area contributed by atoms with Crippen LogP contribution in [0.2, 0.25) is 0 Å². The summed E-state index contributed by atoms with van der Waals surface area (Å²) in [4.78, 5) is 14.4. The smallest absolute Gasteiger partial charge is 0.327 e. The largest absolute Gasteiger partial charge is 0.350 e. The molecular formula is C4H6NO2. The summed E-state index contributed by atoms with van der Waals surface area (Å²) in [5.74, 6) is -0.203. The van der Waals surface area contributed by atoms with Gasteiger partial charge in [-0.25, -0.2) is 0 Å². The van der Waals surface area contributed by atoms with Crippen LogP contribution in [0.1, 0.15) is 12.8 Å². The van der Waals surface area contributed by atoms with Crippen LogP contribution in [0.3, 0.4) is 0 Å². The highest BCUT2D eigenvalue weighted by Gasteiger charge is 2.08. The standard InChI is InChI=1S/C4H6NO2/c6-4-2-1-3-5-7-4/h1-3H2. The van der Waals surface area contributed by atoms with Crippen molar-refractivity contribution >= 4 is 5.97 Å². The summed E-state index contributed by atoms with van der Waals surface area (Å²) in [5, 5.41) is 0. The molecule has 3 nitrogen and oxygen atoms in total. The Bertz CT molecular complexity index is 73.8. The minimum atomic E-state index is -0.203. The monoisotopic (exact) mass is 100 g/mol. The molecule has 0 aromatic heterocycles. The molecule has 1 heterocycles. The molecule has 0 saturated carbocycles. The first-order valence-electron chi connectivity index (χ1n) is 2.26. The number of hydrogen-bond donors (Lipinski definition) is 0. The van der Waals surface area contributed by atoms with Gasteiger partial charge >= 0.3 is 5.97 Å². The van der Waals surface area contributed by atoms with Crippen molar-refractivity contribution in [3.05, 3.63) is 0 Å². The molecule has 1 aliphatic heterocycles. The zero-order valence-electron chi connectivity index (χ0n) is 3.89. The lowest BCUT2D eigenvalue weighted by Gasteiger charge is -2.06. The quantitative estimate of drug-likeness (QED) is 0.424. The van der Waals surface area contributed by atoms with Crippen LogP contribution in [0.5, 0.6) is 0 Å². The third-order valence-corrected chi connectivity index (χ3v) is 0.797. The molecule has 3 heteroatoms. The molecule has 7 heavy (non-hydrogen) atoms. The van der Waals surface area contributed by atoms with Crippen LogP contribution in [0.4, 0.5) is 0 Å². The first-order valence-corrected chi connectivity index (χ1v) is 2.26. The van der Waals surface area contributed by atoms with E-state index in [1.165, 1.54) is 0 Å². The third kappa shape index (κ3) is 1.16. The molecule has 0 unspecified atom stereocenters. The van der Waals surface area contributed by atoms with Gasteiger partial charge in [0.2, 0.25) is 0 Å². The van der Waals surface area contributed by atoms with Gasteiger partial charge < -0.3 is 4.84 Å². The third-order valence-electron chi connectivity index (χ3n) is 0.797. The molecule has 0 bridgehead atoms. The van der Waals surface area contributed by atoms with E-state index < -0.39 is 0 Å². The minimum Gasteiger partial charge on any atom is -0.350 e. The van der Waals surface area contributed by atoms with E-state index in [4.69, 9.17) is 0 Å². The molecule has 0 spiro atoms. The lowest BCUT2D eigenvalue weighted by Crippen LogP contribution is -2.20. The highest BCUT2D eigenvalue weighted by Crippen LogP contribution is 1.96. The second-order valence-corrected chi connectivity index (χ2v) is 1.42. The van der Waals surface area contributed by atoms with Gasteiger partial charge in [-0.05, 0) is 11.9 Å². The van der Waals surface area contributed by atoms with Crippen molar-refractivity contribution in [2.45, 2.75) is 12.8 Å². The fraction of sp³-hybridized carbons (Fsp3) is 0.750.